The first-order valence-electron chi connectivity index (χ1n) is 9.20. The number of carbonyl (C=O) groups is 2. The zero-order valence-electron chi connectivity index (χ0n) is 16.5. The van der Waals surface area contributed by atoms with E-state index in [2.05, 4.69) is 10.4 Å². The fourth-order valence-corrected chi connectivity index (χ4v) is 3.11. The van der Waals surface area contributed by atoms with Crippen molar-refractivity contribution in [3.63, 3.8) is 0 Å². The van der Waals surface area contributed by atoms with Crippen LogP contribution in [0.1, 0.15) is 34.1 Å². The number of ether oxygens (including phenoxy) is 1. The Morgan fingerprint density at radius 2 is 1.76 bits per heavy atom. The van der Waals surface area contributed by atoms with Crippen LogP contribution >= 0.6 is 11.6 Å². The Morgan fingerprint density at radius 3 is 2.41 bits per heavy atom. The van der Waals surface area contributed by atoms with Gasteiger partial charge in [-0.1, -0.05) is 59.6 Å². The maximum absolute atomic E-state index is 12.6. The van der Waals surface area contributed by atoms with Gasteiger partial charge in [0.15, 0.2) is 6.10 Å². The highest BCUT2D eigenvalue weighted by Gasteiger charge is 2.25. The molecule has 1 N–H and O–H groups in total. The van der Waals surface area contributed by atoms with Gasteiger partial charge >= 0.3 is 5.97 Å². The lowest BCUT2D eigenvalue weighted by Gasteiger charge is -2.13. The predicted octanol–water partition coefficient (Wildman–Crippen LogP) is 4.39. The summed E-state index contributed by atoms with van der Waals surface area (Å²) < 4.78 is 6.87. The van der Waals surface area contributed by atoms with Gasteiger partial charge in [0.2, 0.25) is 0 Å². The number of hydrogen-bond donors (Lipinski definition) is 1. The summed E-state index contributed by atoms with van der Waals surface area (Å²) in [7, 11) is 0. The van der Waals surface area contributed by atoms with Crippen LogP contribution in [0.25, 0.3) is 0 Å². The van der Waals surface area contributed by atoms with Crippen LogP contribution in [0.3, 0.4) is 0 Å². The largest absolute Gasteiger partial charge is 0.449 e. The molecule has 0 unspecified atom stereocenters. The number of rotatable bonds is 6. The number of anilines is 1. The second-order valence-electron chi connectivity index (χ2n) is 6.80. The maximum atomic E-state index is 12.6. The van der Waals surface area contributed by atoms with Crippen molar-refractivity contribution in [1.29, 1.82) is 0 Å². The predicted molar refractivity (Wildman–Crippen MR) is 112 cm³/mol. The van der Waals surface area contributed by atoms with Gasteiger partial charge in [-0.3, -0.25) is 4.79 Å². The van der Waals surface area contributed by atoms with Crippen LogP contribution in [0.5, 0.6) is 0 Å². The van der Waals surface area contributed by atoms with Crippen LogP contribution in [0, 0.1) is 13.8 Å². The summed E-state index contributed by atoms with van der Waals surface area (Å²) in [6.45, 7) is 5.58. The Hall–Kier alpha value is -3.12. The van der Waals surface area contributed by atoms with Crippen molar-refractivity contribution in [2.24, 2.45) is 0 Å². The minimum absolute atomic E-state index is 0.164. The fraction of sp³-hybridized carbons (Fsp3) is 0.227. The number of aryl methyl sites for hydroxylation is 2. The molecule has 6 nitrogen and oxygen atoms in total. The average Bonchev–Trinajstić information content (AvgIpc) is 2.97. The van der Waals surface area contributed by atoms with Gasteiger partial charge in [0.05, 0.1) is 12.2 Å². The zero-order chi connectivity index (χ0) is 21.0. The third-order valence-electron chi connectivity index (χ3n) is 4.42. The number of halogens is 1. The van der Waals surface area contributed by atoms with E-state index in [9.17, 15) is 9.59 Å². The quantitative estimate of drug-likeness (QED) is 0.610. The van der Waals surface area contributed by atoms with Crippen molar-refractivity contribution in [3.8, 4) is 0 Å². The van der Waals surface area contributed by atoms with E-state index in [4.69, 9.17) is 16.3 Å². The topological polar surface area (TPSA) is 73.2 Å². The van der Waals surface area contributed by atoms with E-state index in [1.54, 1.807) is 23.7 Å². The summed E-state index contributed by atoms with van der Waals surface area (Å²) in [6, 6.07) is 17.0. The van der Waals surface area contributed by atoms with Gasteiger partial charge in [-0.05, 0) is 38.5 Å². The molecule has 0 aliphatic rings. The van der Waals surface area contributed by atoms with Crippen LogP contribution in [0.15, 0.2) is 54.6 Å². The second-order valence-corrected chi connectivity index (χ2v) is 7.16. The summed E-state index contributed by atoms with van der Waals surface area (Å²) in [5, 5.41) is 7.24. The summed E-state index contributed by atoms with van der Waals surface area (Å²) in [5.74, 6) is -1.11. The third kappa shape index (κ3) is 5.03. The summed E-state index contributed by atoms with van der Waals surface area (Å²) >= 11 is 6.38. The molecule has 0 aliphatic carbocycles. The molecule has 3 rings (SSSR count). The average molecular weight is 412 g/mol. The minimum Gasteiger partial charge on any atom is -0.449 e. The molecule has 1 heterocycles. The number of amides is 1. The first-order chi connectivity index (χ1) is 13.8. The van der Waals surface area contributed by atoms with Crippen LogP contribution in [-0.4, -0.2) is 27.8 Å². The summed E-state index contributed by atoms with van der Waals surface area (Å²) in [4.78, 5) is 25.0. The Balaban J connectivity index is 1.68. The SMILES string of the molecule is Cc1ccc(NC(=O)[C@@H](C)OC(=O)c2c(C)nn(Cc3ccccc3)c2Cl)cc1. The van der Waals surface area contributed by atoms with Gasteiger partial charge < -0.3 is 10.1 Å². The molecule has 1 aromatic heterocycles. The van der Waals surface area contributed by atoms with Crippen LogP contribution in [0.2, 0.25) is 5.15 Å². The highest BCUT2D eigenvalue weighted by Crippen LogP contribution is 2.22. The number of hydrogen-bond acceptors (Lipinski definition) is 4. The van der Waals surface area contributed by atoms with E-state index < -0.39 is 18.0 Å². The number of nitrogens with one attached hydrogen (secondary N) is 1. The third-order valence-corrected chi connectivity index (χ3v) is 4.80. The molecule has 0 saturated heterocycles. The monoisotopic (exact) mass is 411 g/mol. The van der Waals surface area contributed by atoms with Crippen molar-refractivity contribution in [1.82, 2.24) is 9.78 Å². The normalized spacial score (nSPS) is 11.7. The van der Waals surface area contributed by atoms with Crippen molar-refractivity contribution in [2.75, 3.05) is 5.32 Å². The highest BCUT2D eigenvalue weighted by atomic mass is 35.5. The Kier molecular flexibility index (Phi) is 6.34. The maximum Gasteiger partial charge on any atom is 0.343 e. The molecule has 7 heteroatoms. The lowest BCUT2D eigenvalue weighted by molar-refractivity contribution is -0.123. The summed E-state index contributed by atoms with van der Waals surface area (Å²) in [6.07, 6.45) is -0.989. The number of carbonyl (C=O) groups excluding carboxylic acids is 2. The highest BCUT2D eigenvalue weighted by molar-refractivity contribution is 6.32. The van der Waals surface area contributed by atoms with E-state index in [1.165, 1.54) is 6.92 Å². The molecule has 29 heavy (non-hydrogen) atoms. The van der Waals surface area contributed by atoms with Gasteiger partial charge in [-0.15, -0.1) is 0 Å². The van der Waals surface area contributed by atoms with E-state index >= 15 is 0 Å². The molecule has 0 spiro atoms. The van der Waals surface area contributed by atoms with Crippen LogP contribution in [0.4, 0.5) is 5.69 Å². The van der Waals surface area contributed by atoms with Crippen LogP contribution < -0.4 is 5.32 Å². The molecule has 0 bridgehead atoms. The summed E-state index contributed by atoms with van der Waals surface area (Å²) in [5.41, 5.74) is 3.33. The first-order valence-corrected chi connectivity index (χ1v) is 9.58. The molecule has 0 radical (unpaired) electrons. The van der Waals surface area contributed by atoms with Gasteiger partial charge in [-0.25, -0.2) is 9.48 Å². The van der Waals surface area contributed by atoms with Gasteiger partial charge in [0.1, 0.15) is 10.7 Å². The van der Waals surface area contributed by atoms with Crippen molar-refractivity contribution in [2.45, 2.75) is 33.4 Å². The molecule has 3 aromatic rings. The molecule has 2 aromatic carbocycles. The van der Waals surface area contributed by atoms with Gasteiger partial charge in [0.25, 0.3) is 5.91 Å². The minimum atomic E-state index is -0.989. The van der Waals surface area contributed by atoms with E-state index in [-0.39, 0.29) is 10.7 Å². The van der Waals surface area contributed by atoms with Crippen molar-refractivity contribution >= 4 is 29.2 Å². The first kappa shape index (κ1) is 20.6. The molecular formula is C22H22ClN3O3. The van der Waals surface area contributed by atoms with Gasteiger partial charge in [-0.2, -0.15) is 5.10 Å². The van der Waals surface area contributed by atoms with Crippen molar-refractivity contribution < 1.29 is 14.3 Å². The number of nitrogens with zero attached hydrogens (tertiary/aromatic N) is 2. The van der Waals surface area contributed by atoms with Crippen LogP contribution in [-0.2, 0) is 16.1 Å². The number of esters is 1. The number of aromatic nitrogens is 2. The van der Waals surface area contributed by atoms with Gasteiger partial charge in [0, 0.05) is 5.69 Å². The van der Waals surface area contributed by atoms with E-state index in [0.717, 1.165) is 11.1 Å². The number of benzene rings is 2. The second kappa shape index (κ2) is 8.92. The smallest absolute Gasteiger partial charge is 0.343 e. The Labute approximate surface area is 174 Å². The lowest BCUT2D eigenvalue weighted by Crippen LogP contribution is -2.30. The lowest BCUT2D eigenvalue weighted by atomic mass is 10.2. The van der Waals surface area contributed by atoms with E-state index in [1.807, 2.05) is 49.4 Å². The molecular weight excluding hydrogens is 390 g/mol. The Bertz CT molecular complexity index is 1010. The molecule has 0 fully saturated rings. The molecule has 150 valence electrons. The zero-order valence-corrected chi connectivity index (χ0v) is 17.2. The molecule has 1 atom stereocenters. The molecule has 0 saturated carbocycles. The fourth-order valence-electron chi connectivity index (χ4n) is 2.80. The van der Waals surface area contributed by atoms with Crippen molar-refractivity contribution in [3.05, 3.63) is 82.1 Å². The van der Waals surface area contributed by atoms with E-state index in [0.29, 0.717) is 17.9 Å². The standard InChI is InChI=1S/C22H22ClN3O3/c1-14-9-11-18(12-10-14)24-21(27)16(3)29-22(28)19-15(2)25-26(20(19)23)13-17-7-5-4-6-8-17/h4-12,16H,13H2,1-3H3,(H,24,27)/t16-/m1/s1. The molecule has 1 amide bonds. The Morgan fingerprint density at radius 1 is 1.10 bits per heavy atom. The molecule has 0 aliphatic heterocycles.